The number of nitrogens with zero attached hydrogens (tertiary/aromatic N) is 1. The molecule has 1 rings (SSSR count). The van der Waals surface area contributed by atoms with Gasteiger partial charge in [0.1, 0.15) is 6.54 Å². The molecule has 0 saturated heterocycles. The van der Waals surface area contributed by atoms with Gasteiger partial charge >= 0.3 is 5.97 Å². The first-order valence-corrected chi connectivity index (χ1v) is 7.49. The molecule has 0 radical (unpaired) electrons. The Hall–Kier alpha value is -1.10. The number of nitrogens with two attached hydrogens (primary N) is 1. The van der Waals surface area contributed by atoms with Gasteiger partial charge in [-0.2, -0.15) is 0 Å². The lowest BCUT2D eigenvalue weighted by atomic mass is 9.86. The van der Waals surface area contributed by atoms with Crippen LogP contribution in [0.15, 0.2) is 0 Å². The molecule has 1 atom stereocenters. The van der Waals surface area contributed by atoms with Crippen molar-refractivity contribution in [2.45, 2.75) is 65.5 Å². The molecule has 1 aliphatic carbocycles. The molecule has 0 heterocycles. The zero-order valence-electron chi connectivity index (χ0n) is 13.1. The Morgan fingerprint density at radius 2 is 1.85 bits per heavy atom. The molecule has 0 unspecified atom stereocenters. The van der Waals surface area contributed by atoms with Crippen LogP contribution in [-0.4, -0.2) is 42.0 Å². The Balaban J connectivity index is 2.81. The first-order valence-electron chi connectivity index (χ1n) is 7.49. The molecule has 116 valence electrons. The minimum atomic E-state index is -0.600. The molecule has 1 fully saturated rings. The lowest BCUT2D eigenvalue weighted by Crippen LogP contribution is -2.54. The summed E-state index contributed by atoms with van der Waals surface area (Å²) in [6.45, 7) is 7.92. The summed E-state index contributed by atoms with van der Waals surface area (Å²) in [4.78, 5) is 26.0. The van der Waals surface area contributed by atoms with Crippen LogP contribution in [0.25, 0.3) is 0 Å². The molecule has 0 aromatic heterocycles. The average Bonchev–Trinajstić information content (AvgIpc) is 2.87. The van der Waals surface area contributed by atoms with Gasteiger partial charge in [-0.3, -0.25) is 9.59 Å². The molecule has 5 heteroatoms. The van der Waals surface area contributed by atoms with Crippen LogP contribution < -0.4 is 5.73 Å². The molecule has 0 bridgehead atoms. The van der Waals surface area contributed by atoms with E-state index >= 15 is 0 Å². The minimum Gasteiger partial charge on any atom is -0.465 e. The topological polar surface area (TPSA) is 72.6 Å². The fraction of sp³-hybridized carbons (Fsp3) is 0.867. The number of rotatable bonds is 5. The van der Waals surface area contributed by atoms with Crippen molar-refractivity contribution in [1.82, 2.24) is 4.90 Å². The van der Waals surface area contributed by atoms with Gasteiger partial charge in [0.05, 0.1) is 12.6 Å². The first-order chi connectivity index (χ1) is 9.27. The van der Waals surface area contributed by atoms with E-state index in [0.29, 0.717) is 6.61 Å². The van der Waals surface area contributed by atoms with Gasteiger partial charge < -0.3 is 15.4 Å². The molecule has 1 aliphatic rings. The van der Waals surface area contributed by atoms with Crippen molar-refractivity contribution in [2.75, 3.05) is 13.2 Å². The smallest absolute Gasteiger partial charge is 0.325 e. The van der Waals surface area contributed by atoms with Gasteiger partial charge in [0.15, 0.2) is 0 Å². The van der Waals surface area contributed by atoms with Gasteiger partial charge in [-0.05, 0) is 25.2 Å². The minimum absolute atomic E-state index is 0.0150. The third-order valence-corrected chi connectivity index (χ3v) is 3.85. The van der Waals surface area contributed by atoms with Crippen LogP contribution in [0.2, 0.25) is 0 Å². The summed E-state index contributed by atoms with van der Waals surface area (Å²) >= 11 is 0. The lowest BCUT2D eigenvalue weighted by molar-refractivity contribution is -0.151. The third kappa shape index (κ3) is 4.47. The molecule has 1 amide bonds. The van der Waals surface area contributed by atoms with Gasteiger partial charge in [-0.15, -0.1) is 0 Å². The SMILES string of the molecule is CCOC(=O)CN(C(=O)[C@@H](N)C(C)(C)C)C1CCCC1. The molecular weight excluding hydrogens is 256 g/mol. The maximum Gasteiger partial charge on any atom is 0.325 e. The van der Waals surface area contributed by atoms with E-state index in [9.17, 15) is 9.59 Å². The van der Waals surface area contributed by atoms with Crippen molar-refractivity contribution in [3.05, 3.63) is 0 Å². The number of ether oxygens (including phenoxy) is 1. The Labute approximate surface area is 121 Å². The largest absolute Gasteiger partial charge is 0.465 e. The van der Waals surface area contributed by atoms with E-state index in [1.165, 1.54) is 0 Å². The number of carbonyl (C=O) groups is 2. The highest BCUT2D eigenvalue weighted by atomic mass is 16.5. The van der Waals surface area contributed by atoms with Crippen LogP contribution in [0.5, 0.6) is 0 Å². The highest BCUT2D eigenvalue weighted by Crippen LogP contribution is 2.26. The number of carbonyl (C=O) groups excluding carboxylic acids is 2. The summed E-state index contributed by atoms with van der Waals surface area (Å²) in [6.07, 6.45) is 4.09. The van der Waals surface area contributed by atoms with E-state index in [2.05, 4.69) is 0 Å². The molecule has 1 saturated carbocycles. The molecule has 20 heavy (non-hydrogen) atoms. The second-order valence-corrected chi connectivity index (χ2v) is 6.55. The fourth-order valence-electron chi connectivity index (χ4n) is 2.50. The second kappa shape index (κ2) is 7.07. The van der Waals surface area contributed by atoms with Gasteiger partial charge in [0, 0.05) is 6.04 Å². The molecule has 2 N–H and O–H groups in total. The predicted molar refractivity (Wildman–Crippen MR) is 78.0 cm³/mol. The standard InChI is InChI=1S/C15H28N2O3/c1-5-20-12(18)10-17(11-8-6-7-9-11)14(19)13(16)15(2,3)4/h11,13H,5-10,16H2,1-4H3/t13-/m1/s1. The number of hydrogen-bond acceptors (Lipinski definition) is 4. The highest BCUT2D eigenvalue weighted by molar-refractivity contribution is 5.86. The highest BCUT2D eigenvalue weighted by Gasteiger charge is 2.36. The Bertz CT molecular complexity index is 344. The summed E-state index contributed by atoms with van der Waals surface area (Å²) in [5.41, 5.74) is 5.75. The zero-order valence-corrected chi connectivity index (χ0v) is 13.1. The molecule has 0 aromatic rings. The maximum atomic E-state index is 12.6. The predicted octanol–water partition coefficient (Wildman–Crippen LogP) is 1.69. The Kier molecular flexibility index (Phi) is 5.99. The van der Waals surface area contributed by atoms with Gasteiger partial charge in [0.25, 0.3) is 0 Å². The number of esters is 1. The van der Waals surface area contributed by atoms with Crippen LogP contribution in [0.1, 0.15) is 53.4 Å². The van der Waals surface area contributed by atoms with Crippen LogP contribution in [0.3, 0.4) is 0 Å². The van der Waals surface area contributed by atoms with E-state index < -0.39 is 6.04 Å². The zero-order chi connectivity index (χ0) is 15.3. The van der Waals surface area contributed by atoms with Crippen molar-refractivity contribution >= 4 is 11.9 Å². The second-order valence-electron chi connectivity index (χ2n) is 6.55. The van der Waals surface area contributed by atoms with Crippen molar-refractivity contribution in [2.24, 2.45) is 11.1 Å². The third-order valence-electron chi connectivity index (χ3n) is 3.85. The lowest BCUT2D eigenvalue weighted by Gasteiger charge is -2.35. The van der Waals surface area contributed by atoms with Crippen molar-refractivity contribution in [1.29, 1.82) is 0 Å². The van der Waals surface area contributed by atoms with Gasteiger partial charge in [-0.25, -0.2) is 0 Å². The maximum absolute atomic E-state index is 12.6. The van der Waals surface area contributed by atoms with Crippen molar-refractivity contribution in [3.63, 3.8) is 0 Å². The van der Waals surface area contributed by atoms with E-state index in [1.54, 1.807) is 11.8 Å². The normalized spacial score (nSPS) is 17.9. The first kappa shape index (κ1) is 17.0. The van der Waals surface area contributed by atoms with Crippen molar-refractivity contribution in [3.8, 4) is 0 Å². The summed E-state index contributed by atoms with van der Waals surface area (Å²) in [5.74, 6) is -0.494. The fourth-order valence-corrected chi connectivity index (χ4v) is 2.50. The van der Waals surface area contributed by atoms with E-state index in [4.69, 9.17) is 10.5 Å². The molecule has 0 aromatic carbocycles. The summed E-state index contributed by atoms with van der Waals surface area (Å²) in [5, 5.41) is 0. The van der Waals surface area contributed by atoms with E-state index in [0.717, 1.165) is 25.7 Å². The molecule has 0 spiro atoms. The van der Waals surface area contributed by atoms with E-state index in [-0.39, 0.29) is 29.9 Å². The Morgan fingerprint density at radius 1 is 1.30 bits per heavy atom. The molecule has 5 nitrogen and oxygen atoms in total. The van der Waals surface area contributed by atoms with Crippen molar-refractivity contribution < 1.29 is 14.3 Å². The van der Waals surface area contributed by atoms with Crippen LogP contribution in [0, 0.1) is 5.41 Å². The summed E-state index contributed by atoms with van der Waals surface area (Å²) < 4.78 is 4.97. The molecule has 0 aliphatic heterocycles. The van der Waals surface area contributed by atoms with Gasteiger partial charge in [-0.1, -0.05) is 33.6 Å². The van der Waals surface area contributed by atoms with Crippen LogP contribution >= 0.6 is 0 Å². The summed E-state index contributed by atoms with van der Waals surface area (Å²) in [7, 11) is 0. The average molecular weight is 284 g/mol. The number of hydrogen-bond donors (Lipinski definition) is 1. The number of amides is 1. The summed E-state index contributed by atoms with van der Waals surface area (Å²) in [6, 6.07) is -0.474. The van der Waals surface area contributed by atoms with E-state index in [1.807, 2.05) is 20.8 Å². The van der Waals surface area contributed by atoms with Crippen LogP contribution in [0.4, 0.5) is 0 Å². The molecular formula is C15H28N2O3. The van der Waals surface area contributed by atoms with Gasteiger partial charge in [0.2, 0.25) is 5.91 Å². The monoisotopic (exact) mass is 284 g/mol. The Morgan fingerprint density at radius 3 is 2.30 bits per heavy atom. The van der Waals surface area contributed by atoms with Crippen LogP contribution in [-0.2, 0) is 14.3 Å². The quantitative estimate of drug-likeness (QED) is 0.780.